The molecule has 0 amide bonds. The summed E-state index contributed by atoms with van der Waals surface area (Å²) in [5.74, 6) is 3.33. The van der Waals surface area contributed by atoms with Gasteiger partial charge in [-0.2, -0.15) is 12.6 Å². The van der Waals surface area contributed by atoms with E-state index in [1.807, 2.05) is 13.0 Å². The van der Waals surface area contributed by atoms with E-state index in [-0.39, 0.29) is 11.6 Å². The molecule has 3 nitrogen and oxygen atoms in total. The van der Waals surface area contributed by atoms with Crippen LogP contribution >= 0.6 is 12.6 Å². The Morgan fingerprint density at radius 3 is 2.75 bits per heavy atom. The average Bonchev–Trinajstić information content (AvgIpc) is 2.50. The topological polar surface area (TPSA) is 35.5 Å². The van der Waals surface area contributed by atoms with E-state index in [4.69, 9.17) is 15.9 Å². The molecule has 0 aliphatic heterocycles. The summed E-state index contributed by atoms with van der Waals surface area (Å²) in [7, 11) is 0. The molecule has 0 aromatic heterocycles. The first-order valence-electron chi connectivity index (χ1n) is 8.50. The molecule has 0 aliphatic carbocycles. The molecule has 0 aliphatic rings. The van der Waals surface area contributed by atoms with Gasteiger partial charge in [-0.15, -0.1) is 6.42 Å². The van der Waals surface area contributed by atoms with Crippen molar-refractivity contribution in [1.82, 2.24) is 0 Å². The van der Waals surface area contributed by atoms with Gasteiger partial charge in [-0.05, 0) is 45.1 Å². The van der Waals surface area contributed by atoms with Crippen LogP contribution in [0.1, 0.15) is 53.4 Å². The Kier molecular flexibility index (Phi) is 12.5. The highest BCUT2D eigenvalue weighted by atomic mass is 32.1. The lowest BCUT2D eigenvalue weighted by Crippen LogP contribution is -2.24. The maximum absolute atomic E-state index is 11.4. The molecule has 0 N–H and O–H groups in total. The third-order valence-corrected chi connectivity index (χ3v) is 3.80. The number of allylic oxidation sites excluding steroid dienone is 3. The first kappa shape index (κ1) is 22.8. The van der Waals surface area contributed by atoms with Crippen LogP contribution in [0.3, 0.4) is 0 Å². The Morgan fingerprint density at radius 2 is 2.12 bits per heavy atom. The lowest BCUT2D eigenvalue weighted by Gasteiger charge is -2.24. The fourth-order valence-corrected chi connectivity index (χ4v) is 2.30. The molecule has 0 aromatic rings. The van der Waals surface area contributed by atoms with Crippen molar-refractivity contribution in [1.29, 1.82) is 0 Å². The molecule has 0 heterocycles. The smallest absolute Gasteiger partial charge is 0.331 e. The van der Waals surface area contributed by atoms with E-state index in [9.17, 15) is 4.79 Å². The van der Waals surface area contributed by atoms with Crippen molar-refractivity contribution in [3.63, 3.8) is 0 Å². The van der Waals surface area contributed by atoms with Gasteiger partial charge in [-0.1, -0.05) is 37.8 Å². The van der Waals surface area contributed by atoms with E-state index < -0.39 is 0 Å². The quantitative estimate of drug-likeness (QED) is 0.183. The number of hydrogen-bond acceptors (Lipinski definition) is 4. The van der Waals surface area contributed by atoms with Crippen LogP contribution in [-0.4, -0.2) is 30.5 Å². The second-order valence-corrected chi connectivity index (χ2v) is 7.11. The zero-order valence-corrected chi connectivity index (χ0v) is 16.4. The van der Waals surface area contributed by atoms with E-state index in [0.29, 0.717) is 24.9 Å². The first-order chi connectivity index (χ1) is 11.3. The average molecular weight is 353 g/mol. The third kappa shape index (κ3) is 13.3. The monoisotopic (exact) mass is 352 g/mol. The zero-order chi connectivity index (χ0) is 18.4. The molecular formula is C20H32O3S. The maximum Gasteiger partial charge on any atom is 0.331 e. The van der Waals surface area contributed by atoms with Crippen LogP contribution in [0.4, 0.5) is 0 Å². The highest BCUT2D eigenvalue weighted by Gasteiger charge is 2.17. The van der Waals surface area contributed by atoms with E-state index in [2.05, 4.69) is 45.4 Å². The van der Waals surface area contributed by atoms with Crippen molar-refractivity contribution < 1.29 is 14.3 Å². The van der Waals surface area contributed by atoms with Crippen molar-refractivity contribution in [2.75, 3.05) is 19.0 Å². The fourth-order valence-electron chi connectivity index (χ4n) is 2.21. The summed E-state index contributed by atoms with van der Waals surface area (Å²) in [5.41, 5.74) is 0.740. The van der Waals surface area contributed by atoms with Gasteiger partial charge in [0, 0.05) is 11.8 Å². The minimum atomic E-state index is -0.312. The second kappa shape index (κ2) is 13.1. The molecule has 0 bridgehead atoms. The number of esters is 1. The molecule has 0 saturated heterocycles. The minimum Gasteiger partial charge on any atom is -0.462 e. The number of hydrogen-bond donors (Lipinski definition) is 1. The molecule has 0 spiro atoms. The van der Waals surface area contributed by atoms with E-state index in [1.165, 1.54) is 6.08 Å². The van der Waals surface area contributed by atoms with Crippen LogP contribution < -0.4 is 0 Å². The van der Waals surface area contributed by atoms with Gasteiger partial charge in [0.15, 0.2) is 0 Å². The third-order valence-electron chi connectivity index (χ3n) is 3.62. The Balaban J connectivity index is 4.04. The lowest BCUT2D eigenvalue weighted by atomic mass is 9.94. The van der Waals surface area contributed by atoms with Gasteiger partial charge in [0.1, 0.15) is 13.2 Å². The number of carbonyl (C=O) groups is 1. The predicted molar refractivity (Wildman–Crippen MR) is 104 cm³/mol. The first-order valence-corrected chi connectivity index (χ1v) is 9.14. The van der Waals surface area contributed by atoms with Crippen LogP contribution in [0.2, 0.25) is 0 Å². The Hall–Kier alpha value is -1.18. The van der Waals surface area contributed by atoms with Gasteiger partial charge < -0.3 is 9.47 Å². The van der Waals surface area contributed by atoms with Crippen molar-refractivity contribution in [2.24, 2.45) is 5.92 Å². The molecular weight excluding hydrogens is 320 g/mol. The molecule has 0 saturated carbocycles. The van der Waals surface area contributed by atoms with E-state index >= 15 is 0 Å². The molecule has 1 unspecified atom stereocenters. The maximum atomic E-state index is 11.4. The van der Waals surface area contributed by atoms with E-state index in [0.717, 1.165) is 31.3 Å². The Bertz CT molecular complexity index is 458. The Labute approximate surface area is 153 Å². The summed E-state index contributed by atoms with van der Waals surface area (Å²) in [6.45, 7) is 9.00. The molecule has 4 heteroatoms. The minimum absolute atomic E-state index is 0.158. The van der Waals surface area contributed by atoms with Gasteiger partial charge in [0.2, 0.25) is 0 Å². The van der Waals surface area contributed by atoms with Gasteiger partial charge in [-0.25, -0.2) is 4.79 Å². The molecule has 0 fully saturated rings. The molecule has 1 atom stereocenters. The lowest BCUT2D eigenvalue weighted by molar-refractivity contribution is -0.137. The van der Waals surface area contributed by atoms with Gasteiger partial charge in [0.05, 0.1) is 5.60 Å². The number of carbonyl (C=O) groups excluding carboxylic acids is 1. The van der Waals surface area contributed by atoms with E-state index in [1.54, 1.807) is 0 Å². The molecule has 136 valence electrons. The van der Waals surface area contributed by atoms with Crippen LogP contribution in [0.15, 0.2) is 23.8 Å². The van der Waals surface area contributed by atoms with Crippen molar-refractivity contribution in [3.8, 4) is 12.3 Å². The summed E-state index contributed by atoms with van der Waals surface area (Å²) >= 11 is 4.00. The second-order valence-electron chi connectivity index (χ2n) is 6.67. The molecule has 0 radical (unpaired) electrons. The predicted octanol–water partition coefficient (Wildman–Crippen LogP) is 4.59. The largest absolute Gasteiger partial charge is 0.462 e. The number of thiol groups is 1. The summed E-state index contributed by atoms with van der Waals surface area (Å²) in [4.78, 5) is 11.4. The highest BCUT2D eigenvalue weighted by molar-refractivity contribution is 7.80. The van der Waals surface area contributed by atoms with Crippen molar-refractivity contribution in [2.45, 2.75) is 59.0 Å². The van der Waals surface area contributed by atoms with Crippen LogP contribution in [-0.2, 0) is 14.3 Å². The highest BCUT2D eigenvalue weighted by Crippen LogP contribution is 2.21. The standard InChI is InChI=1S/C20H32O3S/c1-6-13-23-20(4,5)12-8-11-17(2)9-7-10-18(3)16-19(21)22-14-15-24/h1,7,10,16-17,24H,8-9,11-15H2,2-5H3. The van der Waals surface area contributed by atoms with Gasteiger partial charge in [-0.3, -0.25) is 0 Å². The number of rotatable bonds is 12. The summed E-state index contributed by atoms with van der Waals surface area (Å²) < 4.78 is 10.6. The Morgan fingerprint density at radius 1 is 1.42 bits per heavy atom. The summed E-state index contributed by atoms with van der Waals surface area (Å²) in [6.07, 6.45) is 15.1. The summed E-state index contributed by atoms with van der Waals surface area (Å²) in [5, 5.41) is 0. The number of terminal acetylenes is 1. The zero-order valence-electron chi connectivity index (χ0n) is 15.5. The van der Waals surface area contributed by atoms with Gasteiger partial charge >= 0.3 is 5.97 Å². The van der Waals surface area contributed by atoms with Crippen LogP contribution in [0, 0.1) is 18.3 Å². The van der Waals surface area contributed by atoms with Gasteiger partial charge in [0.25, 0.3) is 0 Å². The SMILES string of the molecule is C#CCOC(C)(C)CCCC(C)CC=CC(C)=CC(=O)OCCS. The van der Waals surface area contributed by atoms with Crippen molar-refractivity contribution >= 4 is 18.6 Å². The summed E-state index contributed by atoms with van der Waals surface area (Å²) in [6, 6.07) is 0. The molecule has 0 rings (SSSR count). The fraction of sp³-hybridized carbons (Fsp3) is 0.650. The normalized spacial score (nSPS) is 13.8. The molecule has 24 heavy (non-hydrogen) atoms. The van der Waals surface area contributed by atoms with Crippen LogP contribution in [0.25, 0.3) is 0 Å². The molecule has 0 aromatic carbocycles. The van der Waals surface area contributed by atoms with Crippen LogP contribution in [0.5, 0.6) is 0 Å². The number of ether oxygens (including phenoxy) is 2. The van der Waals surface area contributed by atoms with Crippen molar-refractivity contribution in [3.05, 3.63) is 23.8 Å².